The van der Waals surface area contributed by atoms with Crippen molar-refractivity contribution in [2.75, 3.05) is 13.2 Å². The van der Waals surface area contributed by atoms with Crippen molar-refractivity contribution in [3.8, 4) is 0 Å². The Hall–Kier alpha value is -11.6. The standard InChI is InChI=1S/C10H8O4.3C8H6O4.4C6H10O4/c11-9-7-1-2-8(4-3-7)10(12)14-6-5-13-9;3*9-7(10)5-1-2-6(4-3-5)8(11)12;4*7-5(8)3-1-2-4-6(9)10/h1-4H,5-6H2;3*1-4H,(H,9,10)(H,11,12);4*1-4H2,(H,7,8)(H,9,10). The lowest BCUT2D eigenvalue weighted by atomic mass is 10.1. The van der Waals surface area contributed by atoms with E-state index in [0.29, 0.717) is 62.5 Å². The van der Waals surface area contributed by atoms with Gasteiger partial charge in [0.15, 0.2) is 0 Å². The van der Waals surface area contributed by atoms with E-state index in [-0.39, 0.29) is 98.0 Å². The third-order valence-electron chi connectivity index (χ3n) is 10.2. The van der Waals surface area contributed by atoms with Crippen LogP contribution in [0, 0.1) is 0 Å². The van der Waals surface area contributed by atoms with Gasteiger partial charge >= 0.3 is 95.5 Å². The predicted octanol–water partition coefficient (Wildman–Crippen LogP) is 7.13. The Bertz CT molecular complexity index is 2510. The molecular weight excluding hydrogens is 1210 g/mol. The van der Waals surface area contributed by atoms with Crippen LogP contribution in [0.3, 0.4) is 0 Å². The minimum atomic E-state index is -1.06. The summed E-state index contributed by atoms with van der Waals surface area (Å²) in [6.45, 7) is 0.200. The first-order valence-corrected chi connectivity index (χ1v) is 26.0. The molecule has 2 aliphatic heterocycles. The number of hydrogen-bond donors (Lipinski definition) is 14. The first-order valence-electron chi connectivity index (χ1n) is 26.0. The molecule has 2 heterocycles. The molecule has 6 rings (SSSR count). The first kappa shape index (κ1) is 82.6. The van der Waals surface area contributed by atoms with Gasteiger partial charge in [0.25, 0.3) is 0 Å². The van der Waals surface area contributed by atoms with Crippen LogP contribution in [0.4, 0.5) is 0 Å². The maximum Gasteiger partial charge on any atom is 0.338 e. The van der Waals surface area contributed by atoms with Gasteiger partial charge in [-0.2, -0.15) is 0 Å². The van der Waals surface area contributed by atoms with Crippen LogP contribution in [0.2, 0.25) is 0 Å². The second kappa shape index (κ2) is 48.6. The van der Waals surface area contributed by atoms with E-state index in [0.717, 1.165) is 0 Å². The van der Waals surface area contributed by atoms with Gasteiger partial charge in [-0.25, -0.2) is 38.4 Å². The molecule has 32 nitrogen and oxygen atoms in total. The summed E-state index contributed by atoms with van der Waals surface area (Å²) in [6, 6.07) is 21.3. The predicted molar refractivity (Wildman–Crippen MR) is 303 cm³/mol. The Morgan fingerprint density at radius 1 is 0.233 bits per heavy atom. The molecule has 0 atom stereocenters. The molecule has 4 aromatic carbocycles. The molecule has 2 aliphatic rings. The quantitative estimate of drug-likeness (QED) is 0.0219. The van der Waals surface area contributed by atoms with Gasteiger partial charge in [0.2, 0.25) is 0 Å². The maximum absolute atomic E-state index is 11.3. The van der Waals surface area contributed by atoms with Crippen LogP contribution in [0.25, 0.3) is 0 Å². The smallest absolute Gasteiger partial charge is 0.338 e. The van der Waals surface area contributed by atoms with Crippen molar-refractivity contribution in [2.45, 2.75) is 103 Å². The van der Waals surface area contributed by atoms with E-state index in [1.807, 2.05) is 0 Å². The second-order valence-electron chi connectivity index (χ2n) is 17.4. The molecule has 0 saturated heterocycles. The van der Waals surface area contributed by atoms with Crippen LogP contribution in [-0.2, 0) is 47.8 Å². The molecule has 0 aliphatic carbocycles. The number of aromatic carboxylic acids is 6. The summed E-state index contributed by atoms with van der Waals surface area (Å²) in [5, 5.41) is 116. The Balaban J connectivity index is -0.000000965. The summed E-state index contributed by atoms with van der Waals surface area (Å²) >= 11 is 0. The van der Waals surface area contributed by atoms with Gasteiger partial charge in [0, 0.05) is 51.4 Å². The summed E-state index contributed by atoms with van der Waals surface area (Å²) in [5.74, 6) is -14.1. The van der Waals surface area contributed by atoms with Crippen molar-refractivity contribution in [2.24, 2.45) is 0 Å². The molecule has 0 unspecified atom stereocenters. The van der Waals surface area contributed by atoms with Crippen molar-refractivity contribution in [1.29, 1.82) is 0 Å². The fraction of sp³-hybridized carbons (Fsp3) is 0.310. The Morgan fingerprint density at radius 2 is 0.356 bits per heavy atom. The lowest BCUT2D eigenvalue weighted by molar-refractivity contribution is -0.139. The fourth-order valence-corrected chi connectivity index (χ4v) is 5.65. The number of hydrogen-bond acceptors (Lipinski definition) is 18. The van der Waals surface area contributed by atoms with Crippen molar-refractivity contribution >= 4 is 95.5 Å². The highest BCUT2D eigenvalue weighted by Crippen LogP contribution is 2.10. The average molecular weight is 1280 g/mol. The normalized spacial score (nSPS) is 10.3. The molecule has 0 radical (unpaired) electrons. The van der Waals surface area contributed by atoms with Crippen LogP contribution in [0.1, 0.15) is 186 Å². The molecule has 0 saturated carbocycles. The van der Waals surface area contributed by atoms with E-state index in [1.165, 1.54) is 72.8 Å². The molecule has 2 bridgehead atoms. The summed E-state index contributed by atoms with van der Waals surface area (Å²) in [7, 11) is 0. The van der Waals surface area contributed by atoms with Crippen molar-refractivity contribution in [1.82, 2.24) is 0 Å². The number of ether oxygens (including phenoxy) is 2. The van der Waals surface area contributed by atoms with Crippen molar-refractivity contribution in [3.05, 3.63) is 142 Å². The second-order valence-corrected chi connectivity index (χ2v) is 17.4. The van der Waals surface area contributed by atoms with Crippen LogP contribution in [0.15, 0.2) is 97.1 Å². The van der Waals surface area contributed by atoms with E-state index in [4.69, 9.17) is 81.0 Å². The highest BCUT2D eigenvalue weighted by Gasteiger charge is 2.14. The number of carboxylic acid groups (broad SMARTS) is 14. The van der Waals surface area contributed by atoms with Crippen LogP contribution in [-0.4, -0.2) is 180 Å². The molecular formula is C58H66O32. The number of benzene rings is 4. The largest absolute Gasteiger partial charge is 0.481 e. The average Bonchev–Trinajstić information content (AvgIpc) is 2.80. The lowest BCUT2D eigenvalue weighted by Crippen LogP contribution is -2.16. The number of carboxylic acids is 14. The van der Waals surface area contributed by atoms with Crippen LogP contribution in [0.5, 0.6) is 0 Å². The third-order valence-corrected chi connectivity index (χ3v) is 10.2. The number of unbranched alkanes of at least 4 members (excludes halogenated alkanes) is 4. The van der Waals surface area contributed by atoms with Gasteiger partial charge in [0.05, 0.1) is 44.5 Å². The minimum Gasteiger partial charge on any atom is -0.481 e. The molecule has 32 heteroatoms. The van der Waals surface area contributed by atoms with Gasteiger partial charge in [-0.15, -0.1) is 0 Å². The molecule has 90 heavy (non-hydrogen) atoms. The first-order chi connectivity index (χ1) is 42.1. The topological polar surface area (TPSA) is 575 Å². The third kappa shape index (κ3) is 47.7. The fourth-order valence-electron chi connectivity index (χ4n) is 5.65. The number of rotatable bonds is 26. The Kier molecular flexibility index (Phi) is 44.6. The van der Waals surface area contributed by atoms with Gasteiger partial charge in [-0.1, -0.05) is 0 Å². The molecule has 0 spiro atoms. The molecule has 14 N–H and O–H groups in total. The van der Waals surface area contributed by atoms with E-state index < -0.39 is 95.5 Å². The number of fused-ring (bicyclic) bond motifs is 7. The SMILES string of the molecule is O=C(O)CCCCC(=O)O.O=C(O)CCCCC(=O)O.O=C(O)CCCCC(=O)O.O=C(O)CCCCC(=O)O.O=C(O)c1ccc(C(=O)O)cc1.O=C(O)c1ccc(C(=O)O)cc1.O=C(O)c1ccc(C(=O)O)cc1.O=C1OCCOC(=O)c2ccc1cc2. The number of carbonyl (C=O) groups excluding carboxylic acids is 2. The molecule has 0 aromatic heterocycles. The van der Waals surface area contributed by atoms with Gasteiger partial charge in [-0.3, -0.25) is 38.4 Å². The zero-order valence-electron chi connectivity index (χ0n) is 47.6. The van der Waals surface area contributed by atoms with Crippen LogP contribution < -0.4 is 0 Å². The lowest BCUT2D eigenvalue weighted by Gasteiger charge is -2.09. The number of aliphatic carboxylic acids is 8. The van der Waals surface area contributed by atoms with Crippen LogP contribution >= 0.6 is 0 Å². The zero-order chi connectivity index (χ0) is 69.3. The van der Waals surface area contributed by atoms with E-state index in [9.17, 15) is 76.7 Å². The zero-order valence-corrected chi connectivity index (χ0v) is 47.6. The summed E-state index contributed by atoms with van der Waals surface area (Å²) in [4.78, 5) is 164. The van der Waals surface area contributed by atoms with Crippen molar-refractivity contribution < 1.29 is 158 Å². The number of carbonyl (C=O) groups is 16. The molecule has 0 amide bonds. The van der Waals surface area contributed by atoms with Crippen molar-refractivity contribution in [3.63, 3.8) is 0 Å². The minimum absolute atomic E-state index is 0.0628. The van der Waals surface area contributed by atoms with E-state index in [1.54, 1.807) is 24.3 Å². The summed E-state index contributed by atoms with van der Waals surface area (Å²) in [6.07, 6.45) is 4.07. The Labute approximate surface area is 509 Å². The number of esters is 2. The highest BCUT2D eigenvalue weighted by atomic mass is 16.6. The summed E-state index contributed by atoms with van der Waals surface area (Å²) in [5.41, 5.74) is 1.40. The van der Waals surface area contributed by atoms with E-state index in [2.05, 4.69) is 0 Å². The van der Waals surface area contributed by atoms with Gasteiger partial charge < -0.3 is 81.0 Å². The molecule has 490 valence electrons. The highest BCUT2D eigenvalue weighted by molar-refractivity contribution is 5.95. The summed E-state index contributed by atoms with van der Waals surface area (Å²) < 4.78 is 9.66. The Morgan fingerprint density at radius 3 is 0.456 bits per heavy atom. The maximum atomic E-state index is 11.3. The van der Waals surface area contributed by atoms with Gasteiger partial charge in [-0.05, 0) is 148 Å². The molecule has 4 aromatic rings. The molecule has 0 fully saturated rings. The van der Waals surface area contributed by atoms with Gasteiger partial charge in [0.1, 0.15) is 13.2 Å². The van der Waals surface area contributed by atoms with E-state index >= 15 is 0 Å². The monoisotopic (exact) mass is 1270 g/mol.